The molecule has 0 spiro atoms. The molecule has 1 fully saturated rings. The SMILES string of the molecule is Nc1cc(C2CC2)c(Cl)cc1O.Nc1cc(I)c(Cl)cc1O. The van der Waals surface area contributed by atoms with Crippen LogP contribution in [0.4, 0.5) is 11.4 Å². The number of phenols is 2. The van der Waals surface area contributed by atoms with Crippen LogP contribution in [0.25, 0.3) is 0 Å². The van der Waals surface area contributed by atoms with Gasteiger partial charge in [-0.15, -0.1) is 0 Å². The second kappa shape index (κ2) is 7.02. The van der Waals surface area contributed by atoms with Crippen molar-refractivity contribution >= 4 is 57.2 Å². The van der Waals surface area contributed by atoms with Crippen molar-refractivity contribution in [2.24, 2.45) is 0 Å². The molecule has 0 amide bonds. The zero-order valence-corrected chi connectivity index (χ0v) is 15.2. The number of nitrogens with two attached hydrogens (primary N) is 2. The van der Waals surface area contributed by atoms with Gasteiger partial charge in [0.15, 0.2) is 0 Å². The molecule has 0 aromatic heterocycles. The van der Waals surface area contributed by atoms with Gasteiger partial charge in [-0.1, -0.05) is 23.2 Å². The van der Waals surface area contributed by atoms with E-state index in [4.69, 9.17) is 39.8 Å². The van der Waals surface area contributed by atoms with Crippen LogP contribution in [0.5, 0.6) is 11.5 Å². The van der Waals surface area contributed by atoms with Crippen molar-refractivity contribution in [3.63, 3.8) is 0 Å². The Morgan fingerprint density at radius 2 is 1.41 bits per heavy atom. The third-order valence-electron chi connectivity index (χ3n) is 3.23. The van der Waals surface area contributed by atoms with Gasteiger partial charge in [0.25, 0.3) is 0 Å². The largest absolute Gasteiger partial charge is 0.506 e. The Bertz CT molecular complexity index is 656. The van der Waals surface area contributed by atoms with E-state index in [1.165, 1.54) is 25.0 Å². The lowest BCUT2D eigenvalue weighted by Crippen LogP contribution is -1.89. The zero-order chi connectivity index (χ0) is 16.4. The molecule has 118 valence electrons. The first-order valence-corrected chi connectivity index (χ1v) is 8.34. The van der Waals surface area contributed by atoms with Crippen molar-refractivity contribution in [2.45, 2.75) is 18.8 Å². The highest BCUT2D eigenvalue weighted by molar-refractivity contribution is 14.1. The molecule has 4 nitrogen and oxygen atoms in total. The minimum atomic E-state index is 0.0328. The molecule has 0 atom stereocenters. The van der Waals surface area contributed by atoms with Gasteiger partial charge in [-0.05, 0) is 59.0 Å². The van der Waals surface area contributed by atoms with Crippen LogP contribution in [-0.2, 0) is 0 Å². The molecule has 0 aliphatic heterocycles. The third-order valence-corrected chi connectivity index (χ3v) is 5.08. The molecule has 0 saturated heterocycles. The maximum absolute atomic E-state index is 9.22. The Balaban J connectivity index is 0.000000164. The second-order valence-corrected chi connectivity index (χ2v) is 7.01. The number of hydrogen-bond donors (Lipinski definition) is 4. The fourth-order valence-electron chi connectivity index (χ4n) is 1.86. The molecule has 0 bridgehead atoms. The summed E-state index contributed by atoms with van der Waals surface area (Å²) in [6.45, 7) is 0. The van der Waals surface area contributed by atoms with E-state index in [2.05, 4.69) is 0 Å². The molecular formula is C15H15Cl2IN2O2. The molecule has 1 aliphatic rings. The molecule has 0 radical (unpaired) electrons. The second-order valence-electron chi connectivity index (χ2n) is 5.03. The van der Waals surface area contributed by atoms with Crippen LogP contribution in [0, 0.1) is 3.57 Å². The number of halogens is 3. The number of phenolic OH excluding ortho intramolecular Hbond substituents is 2. The molecule has 7 heteroatoms. The summed E-state index contributed by atoms with van der Waals surface area (Å²) in [6.07, 6.45) is 2.37. The molecule has 1 aliphatic carbocycles. The van der Waals surface area contributed by atoms with E-state index in [1.54, 1.807) is 12.1 Å². The molecule has 22 heavy (non-hydrogen) atoms. The molecule has 6 N–H and O–H groups in total. The molecule has 1 saturated carbocycles. The highest BCUT2D eigenvalue weighted by Gasteiger charge is 2.26. The third kappa shape index (κ3) is 4.24. The van der Waals surface area contributed by atoms with Gasteiger partial charge in [-0.3, -0.25) is 0 Å². The summed E-state index contributed by atoms with van der Waals surface area (Å²) in [5.41, 5.74) is 12.8. The molecule has 3 rings (SSSR count). The van der Waals surface area contributed by atoms with Crippen molar-refractivity contribution in [1.29, 1.82) is 0 Å². The Labute approximate surface area is 152 Å². The summed E-state index contributed by atoms with van der Waals surface area (Å²) >= 11 is 13.6. The lowest BCUT2D eigenvalue weighted by atomic mass is 10.1. The molecular weight excluding hydrogens is 438 g/mol. The summed E-state index contributed by atoms with van der Waals surface area (Å²) in [6, 6.07) is 6.34. The van der Waals surface area contributed by atoms with Gasteiger partial charge in [0.2, 0.25) is 0 Å². The fourth-order valence-corrected chi connectivity index (χ4v) is 2.82. The molecule has 2 aromatic rings. The van der Waals surface area contributed by atoms with Crippen molar-refractivity contribution in [1.82, 2.24) is 0 Å². The summed E-state index contributed by atoms with van der Waals surface area (Å²) in [5.74, 6) is 0.676. The topological polar surface area (TPSA) is 92.5 Å². The summed E-state index contributed by atoms with van der Waals surface area (Å²) in [5, 5.41) is 19.4. The van der Waals surface area contributed by atoms with Crippen LogP contribution in [0.15, 0.2) is 24.3 Å². The Morgan fingerprint density at radius 1 is 0.909 bits per heavy atom. The average Bonchev–Trinajstić information content (AvgIpc) is 3.26. The maximum Gasteiger partial charge on any atom is 0.140 e. The Kier molecular flexibility index (Phi) is 5.52. The van der Waals surface area contributed by atoms with E-state index < -0.39 is 0 Å². The number of rotatable bonds is 1. The van der Waals surface area contributed by atoms with E-state index in [0.717, 1.165) is 9.13 Å². The lowest BCUT2D eigenvalue weighted by molar-refractivity contribution is 0.477. The molecule has 0 heterocycles. The number of anilines is 2. The smallest absolute Gasteiger partial charge is 0.140 e. The number of benzene rings is 2. The van der Waals surface area contributed by atoms with Crippen molar-refractivity contribution < 1.29 is 10.2 Å². The van der Waals surface area contributed by atoms with Gasteiger partial charge in [-0.25, -0.2) is 0 Å². The van der Waals surface area contributed by atoms with E-state index in [9.17, 15) is 5.11 Å². The minimum Gasteiger partial charge on any atom is -0.506 e. The average molecular weight is 453 g/mol. The van der Waals surface area contributed by atoms with Gasteiger partial charge in [0.05, 0.1) is 16.4 Å². The van der Waals surface area contributed by atoms with E-state index >= 15 is 0 Å². The van der Waals surface area contributed by atoms with Crippen LogP contribution in [0.1, 0.15) is 24.3 Å². The van der Waals surface area contributed by atoms with Gasteiger partial charge in [0.1, 0.15) is 11.5 Å². The first-order valence-electron chi connectivity index (χ1n) is 6.51. The Hall–Kier alpha value is -1.05. The van der Waals surface area contributed by atoms with E-state index in [-0.39, 0.29) is 11.5 Å². The minimum absolute atomic E-state index is 0.0328. The predicted molar refractivity (Wildman–Crippen MR) is 99.8 cm³/mol. The van der Waals surface area contributed by atoms with E-state index in [1.807, 2.05) is 22.6 Å². The van der Waals surface area contributed by atoms with Gasteiger partial charge in [-0.2, -0.15) is 0 Å². The summed E-state index contributed by atoms with van der Waals surface area (Å²) < 4.78 is 0.842. The fraction of sp³-hybridized carbons (Fsp3) is 0.200. The maximum atomic E-state index is 9.22. The standard InChI is InChI=1S/C9H10ClNO.C6H5ClINO/c10-7-4-9(12)8(11)3-6(7)5-1-2-5;7-3-1-6(10)5(9)2-4(3)8/h3-5,12H,1-2,11H2;1-2,10H,9H2. The van der Waals surface area contributed by atoms with Gasteiger partial charge >= 0.3 is 0 Å². The van der Waals surface area contributed by atoms with Gasteiger partial charge < -0.3 is 21.7 Å². The number of nitrogen functional groups attached to an aromatic ring is 2. The van der Waals surface area contributed by atoms with E-state index in [0.29, 0.717) is 27.3 Å². The highest BCUT2D eigenvalue weighted by atomic mass is 127. The molecule has 0 unspecified atom stereocenters. The molecule has 2 aromatic carbocycles. The first-order chi connectivity index (χ1) is 10.3. The van der Waals surface area contributed by atoms with Crippen LogP contribution in [0.2, 0.25) is 10.0 Å². The van der Waals surface area contributed by atoms with Crippen molar-refractivity contribution in [3.8, 4) is 11.5 Å². The summed E-state index contributed by atoms with van der Waals surface area (Å²) in [7, 11) is 0. The van der Waals surface area contributed by atoms with Crippen molar-refractivity contribution in [2.75, 3.05) is 11.5 Å². The number of aromatic hydroxyl groups is 2. The number of hydrogen-bond acceptors (Lipinski definition) is 4. The van der Waals surface area contributed by atoms with Crippen LogP contribution < -0.4 is 11.5 Å². The summed E-state index contributed by atoms with van der Waals surface area (Å²) in [4.78, 5) is 0. The van der Waals surface area contributed by atoms with Crippen LogP contribution in [-0.4, -0.2) is 10.2 Å². The first kappa shape index (κ1) is 17.3. The van der Waals surface area contributed by atoms with Gasteiger partial charge in [0, 0.05) is 20.7 Å². The van der Waals surface area contributed by atoms with Crippen molar-refractivity contribution in [3.05, 3.63) is 43.4 Å². The quantitative estimate of drug-likeness (QED) is 0.285. The highest BCUT2D eigenvalue weighted by Crippen LogP contribution is 2.45. The lowest BCUT2D eigenvalue weighted by Gasteiger charge is -2.05. The van der Waals surface area contributed by atoms with Crippen LogP contribution >= 0.6 is 45.8 Å². The predicted octanol–water partition coefficient (Wildman–Crippen LogP) is 4.74. The van der Waals surface area contributed by atoms with Crippen LogP contribution in [0.3, 0.4) is 0 Å². The monoisotopic (exact) mass is 452 g/mol. The normalized spacial score (nSPS) is 13.4. The Morgan fingerprint density at radius 3 is 1.91 bits per heavy atom. The zero-order valence-electron chi connectivity index (χ0n) is 11.5.